The number of H-pyrrole nitrogens is 1. The topological polar surface area (TPSA) is 126 Å². The van der Waals surface area contributed by atoms with Crippen molar-refractivity contribution in [2.75, 3.05) is 11.9 Å². The smallest absolute Gasteiger partial charge is 0.262 e. The number of nitrogens with zero attached hydrogens (tertiary/aromatic N) is 2. The van der Waals surface area contributed by atoms with E-state index in [-0.39, 0.29) is 18.1 Å². The van der Waals surface area contributed by atoms with Gasteiger partial charge in [0.2, 0.25) is 11.8 Å². The molecule has 0 bridgehead atoms. The number of anilines is 1. The SMILES string of the molecule is Cc1[nH]nc2c1C(c1ccccc1OCC(=O)Nc1ccc(F)cc1)C(C#N)=C(N)O2. The molecule has 4 N–H and O–H groups in total. The number of aromatic amines is 1. The molecular weight excluding hydrogens is 401 g/mol. The van der Waals surface area contributed by atoms with Gasteiger partial charge in [0.1, 0.15) is 23.2 Å². The van der Waals surface area contributed by atoms with E-state index in [1.165, 1.54) is 24.3 Å². The summed E-state index contributed by atoms with van der Waals surface area (Å²) in [5.74, 6) is -0.698. The molecule has 2 heterocycles. The number of ether oxygens (including phenoxy) is 2. The average Bonchev–Trinajstić information content (AvgIpc) is 3.13. The minimum absolute atomic E-state index is 0.0321. The van der Waals surface area contributed by atoms with E-state index in [9.17, 15) is 14.4 Å². The minimum atomic E-state index is -0.566. The maximum absolute atomic E-state index is 13.0. The van der Waals surface area contributed by atoms with Gasteiger partial charge in [-0.1, -0.05) is 18.2 Å². The Morgan fingerprint density at radius 2 is 2.06 bits per heavy atom. The Bertz CT molecular complexity index is 1210. The first-order chi connectivity index (χ1) is 15.0. The highest BCUT2D eigenvalue weighted by atomic mass is 19.1. The van der Waals surface area contributed by atoms with Crippen molar-refractivity contribution in [1.29, 1.82) is 5.26 Å². The molecule has 0 saturated heterocycles. The summed E-state index contributed by atoms with van der Waals surface area (Å²) in [4.78, 5) is 12.3. The van der Waals surface area contributed by atoms with Gasteiger partial charge in [-0.3, -0.25) is 9.89 Å². The zero-order valence-electron chi connectivity index (χ0n) is 16.5. The van der Waals surface area contributed by atoms with Crippen molar-refractivity contribution in [1.82, 2.24) is 10.2 Å². The molecule has 8 nitrogen and oxygen atoms in total. The van der Waals surface area contributed by atoms with Crippen LogP contribution in [0.3, 0.4) is 0 Å². The highest BCUT2D eigenvalue weighted by molar-refractivity contribution is 5.91. The largest absolute Gasteiger partial charge is 0.483 e. The summed E-state index contributed by atoms with van der Waals surface area (Å²) >= 11 is 0. The van der Waals surface area contributed by atoms with Crippen LogP contribution in [-0.2, 0) is 4.79 Å². The second-order valence-electron chi connectivity index (χ2n) is 6.87. The van der Waals surface area contributed by atoms with E-state index in [0.29, 0.717) is 28.4 Å². The third kappa shape index (κ3) is 3.91. The van der Waals surface area contributed by atoms with Gasteiger partial charge in [0.25, 0.3) is 5.91 Å². The number of nitriles is 1. The number of hydrogen-bond acceptors (Lipinski definition) is 6. The van der Waals surface area contributed by atoms with E-state index in [1.54, 1.807) is 24.3 Å². The Labute approximate surface area is 177 Å². The van der Waals surface area contributed by atoms with Crippen molar-refractivity contribution in [2.24, 2.45) is 5.73 Å². The third-order valence-corrected chi connectivity index (χ3v) is 4.85. The van der Waals surface area contributed by atoms with Gasteiger partial charge < -0.3 is 20.5 Å². The van der Waals surface area contributed by atoms with Crippen LogP contribution in [0, 0.1) is 24.1 Å². The van der Waals surface area contributed by atoms with Crippen LogP contribution < -0.4 is 20.5 Å². The van der Waals surface area contributed by atoms with Gasteiger partial charge in [-0.05, 0) is 37.3 Å². The van der Waals surface area contributed by atoms with Crippen LogP contribution >= 0.6 is 0 Å². The number of hydrogen-bond donors (Lipinski definition) is 3. The van der Waals surface area contributed by atoms with Crippen molar-refractivity contribution in [3.63, 3.8) is 0 Å². The molecule has 3 aromatic rings. The number of aryl methyl sites for hydroxylation is 1. The van der Waals surface area contributed by atoms with Gasteiger partial charge in [0, 0.05) is 22.5 Å². The molecule has 156 valence electrons. The summed E-state index contributed by atoms with van der Waals surface area (Å²) in [5, 5.41) is 19.3. The summed E-state index contributed by atoms with van der Waals surface area (Å²) < 4.78 is 24.3. The predicted molar refractivity (Wildman–Crippen MR) is 110 cm³/mol. The van der Waals surface area contributed by atoms with Crippen LogP contribution in [0.25, 0.3) is 0 Å². The van der Waals surface area contributed by atoms with E-state index in [1.807, 2.05) is 6.92 Å². The fourth-order valence-corrected chi connectivity index (χ4v) is 3.43. The standard InChI is InChI=1S/C22H18FN5O3/c1-12-19-20(16(10-24)21(25)31-22(19)28-27-12)15-4-2-3-5-17(15)30-11-18(29)26-14-8-6-13(23)7-9-14/h2-9,20H,11,25H2,1H3,(H,26,29)(H,27,28). The van der Waals surface area contributed by atoms with Gasteiger partial charge in [-0.25, -0.2) is 4.39 Å². The van der Waals surface area contributed by atoms with E-state index in [4.69, 9.17) is 15.2 Å². The number of para-hydroxylation sites is 1. The molecule has 31 heavy (non-hydrogen) atoms. The lowest BCUT2D eigenvalue weighted by molar-refractivity contribution is -0.118. The fraction of sp³-hybridized carbons (Fsp3) is 0.136. The average molecular weight is 419 g/mol. The molecule has 0 radical (unpaired) electrons. The molecule has 1 amide bonds. The third-order valence-electron chi connectivity index (χ3n) is 4.85. The lowest BCUT2D eigenvalue weighted by atomic mass is 9.83. The first kappa shape index (κ1) is 20.0. The van der Waals surface area contributed by atoms with Gasteiger partial charge in [0.05, 0.1) is 5.92 Å². The Hall–Kier alpha value is -4.32. The normalized spacial score (nSPS) is 14.9. The molecule has 1 aliphatic heterocycles. The number of nitrogens with two attached hydrogens (primary N) is 1. The summed E-state index contributed by atoms with van der Waals surface area (Å²) in [6.45, 7) is 1.54. The van der Waals surface area contributed by atoms with E-state index >= 15 is 0 Å². The summed E-state index contributed by atoms with van der Waals surface area (Å²) in [6, 6.07) is 14.6. The second-order valence-corrected chi connectivity index (χ2v) is 6.87. The number of carbonyl (C=O) groups is 1. The van der Waals surface area contributed by atoms with Crippen molar-refractivity contribution in [2.45, 2.75) is 12.8 Å². The first-order valence-electron chi connectivity index (χ1n) is 9.37. The number of rotatable bonds is 5. The second kappa shape index (κ2) is 8.20. The molecule has 0 aliphatic carbocycles. The molecule has 0 spiro atoms. The quantitative estimate of drug-likeness (QED) is 0.583. The molecule has 1 aliphatic rings. The van der Waals surface area contributed by atoms with Gasteiger partial charge in [-0.15, -0.1) is 5.10 Å². The summed E-state index contributed by atoms with van der Waals surface area (Å²) in [7, 11) is 0. The van der Waals surface area contributed by atoms with Gasteiger partial charge in [-0.2, -0.15) is 5.26 Å². The monoisotopic (exact) mass is 419 g/mol. The number of halogens is 1. The van der Waals surface area contributed by atoms with Crippen LogP contribution in [-0.4, -0.2) is 22.7 Å². The molecule has 0 saturated carbocycles. The minimum Gasteiger partial charge on any atom is -0.483 e. The van der Waals surface area contributed by atoms with E-state index in [0.717, 1.165) is 5.69 Å². The number of carbonyl (C=O) groups excluding carboxylic acids is 1. The zero-order valence-corrected chi connectivity index (χ0v) is 16.5. The molecule has 4 rings (SSSR count). The van der Waals surface area contributed by atoms with Gasteiger partial charge in [0.15, 0.2) is 6.61 Å². The maximum Gasteiger partial charge on any atom is 0.262 e. The molecule has 1 atom stereocenters. The summed E-state index contributed by atoms with van der Waals surface area (Å²) in [5.41, 5.74) is 8.69. The first-order valence-corrected chi connectivity index (χ1v) is 9.37. The zero-order chi connectivity index (χ0) is 22.0. The predicted octanol–water partition coefficient (Wildman–Crippen LogP) is 3.09. The Kier molecular flexibility index (Phi) is 5.28. The van der Waals surface area contributed by atoms with Crippen LogP contribution in [0.4, 0.5) is 10.1 Å². The van der Waals surface area contributed by atoms with Crippen LogP contribution in [0.15, 0.2) is 60.0 Å². The number of benzene rings is 2. The van der Waals surface area contributed by atoms with E-state index in [2.05, 4.69) is 21.6 Å². The highest BCUT2D eigenvalue weighted by Crippen LogP contribution is 2.45. The lowest BCUT2D eigenvalue weighted by Crippen LogP contribution is -2.23. The Balaban J connectivity index is 1.60. The fourth-order valence-electron chi connectivity index (χ4n) is 3.43. The molecule has 1 unspecified atom stereocenters. The van der Waals surface area contributed by atoms with Crippen LogP contribution in [0.1, 0.15) is 22.7 Å². The van der Waals surface area contributed by atoms with Crippen LogP contribution in [0.2, 0.25) is 0 Å². The number of aromatic nitrogens is 2. The molecule has 1 aromatic heterocycles. The maximum atomic E-state index is 13.0. The Morgan fingerprint density at radius 3 is 2.81 bits per heavy atom. The highest BCUT2D eigenvalue weighted by Gasteiger charge is 2.35. The number of nitrogens with one attached hydrogen (secondary N) is 2. The van der Waals surface area contributed by atoms with E-state index < -0.39 is 17.6 Å². The number of amides is 1. The number of allylic oxidation sites excluding steroid dienone is 1. The molecule has 9 heteroatoms. The van der Waals surface area contributed by atoms with Crippen LogP contribution in [0.5, 0.6) is 11.6 Å². The molecule has 2 aromatic carbocycles. The molecule has 0 fully saturated rings. The van der Waals surface area contributed by atoms with Gasteiger partial charge >= 0.3 is 0 Å². The lowest BCUT2D eigenvalue weighted by Gasteiger charge is -2.25. The van der Waals surface area contributed by atoms with Crippen molar-refractivity contribution >= 4 is 11.6 Å². The van der Waals surface area contributed by atoms with Crippen molar-refractivity contribution in [3.05, 3.63) is 82.6 Å². The van der Waals surface area contributed by atoms with Crippen molar-refractivity contribution < 1.29 is 18.7 Å². The number of fused-ring (bicyclic) bond motifs is 1. The van der Waals surface area contributed by atoms with Crippen molar-refractivity contribution in [3.8, 4) is 17.7 Å². The Morgan fingerprint density at radius 1 is 1.32 bits per heavy atom. The summed E-state index contributed by atoms with van der Waals surface area (Å²) in [6.07, 6.45) is 0. The molecular formula is C22H18FN5O3.